The quantitative estimate of drug-likeness (QED) is 0.756. The van der Waals surface area contributed by atoms with E-state index < -0.39 is 22.0 Å². The Balaban J connectivity index is 1.94. The van der Waals surface area contributed by atoms with E-state index in [1.807, 2.05) is 7.05 Å². The van der Waals surface area contributed by atoms with Gasteiger partial charge in [-0.25, -0.2) is 23.2 Å². The minimum atomic E-state index is -3.78. The molecule has 0 bridgehead atoms. The maximum absolute atomic E-state index is 13.1. The molecule has 1 fully saturated rings. The lowest BCUT2D eigenvalue weighted by Gasteiger charge is -2.34. The van der Waals surface area contributed by atoms with E-state index in [1.54, 1.807) is 17.0 Å². The number of nitrogens with zero attached hydrogens (tertiary/aromatic N) is 4. The number of nitrogens with one attached hydrogen (secondary N) is 1. The van der Waals surface area contributed by atoms with Crippen LogP contribution in [-0.4, -0.2) is 60.0 Å². The number of sulfonamides is 1. The molecule has 1 atom stereocenters. The lowest BCUT2D eigenvalue weighted by atomic mass is 10.2. The number of aromatic nitrogens is 3. The molecule has 1 aliphatic heterocycles. The summed E-state index contributed by atoms with van der Waals surface area (Å²) in [5.41, 5.74) is 0.0578. The van der Waals surface area contributed by atoms with Crippen LogP contribution in [0, 0.1) is 0 Å². The van der Waals surface area contributed by atoms with Crippen molar-refractivity contribution < 1.29 is 17.9 Å². The second-order valence-corrected chi connectivity index (χ2v) is 7.49. The van der Waals surface area contributed by atoms with Gasteiger partial charge < -0.3 is 14.6 Å². The van der Waals surface area contributed by atoms with Gasteiger partial charge in [0.25, 0.3) is 0 Å². The minimum Gasteiger partial charge on any atom is -0.464 e. The number of esters is 1. The first kappa shape index (κ1) is 17.5. The summed E-state index contributed by atoms with van der Waals surface area (Å²) in [5, 5.41) is 3.20. The highest BCUT2D eigenvalue weighted by Crippen LogP contribution is 2.27. The van der Waals surface area contributed by atoms with Gasteiger partial charge in [-0.05, 0) is 12.1 Å². The van der Waals surface area contributed by atoms with Gasteiger partial charge >= 0.3 is 5.97 Å². The summed E-state index contributed by atoms with van der Waals surface area (Å²) >= 11 is 0. The zero-order valence-electron chi connectivity index (χ0n) is 13.9. The number of methoxy groups -OCH3 is 1. The van der Waals surface area contributed by atoms with Crippen molar-refractivity contribution in [2.45, 2.75) is 10.9 Å². The Bertz CT molecular complexity index is 862. The fourth-order valence-electron chi connectivity index (χ4n) is 2.79. The number of carbonyl (C=O) groups is 1. The zero-order valence-corrected chi connectivity index (χ0v) is 14.7. The second kappa shape index (κ2) is 6.90. The summed E-state index contributed by atoms with van der Waals surface area (Å²) in [7, 11) is -0.707. The number of rotatable bonds is 4. The Kier molecular flexibility index (Phi) is 4.84. The smallest absolute Gasteiger partial charge is 0.356 e. The summed E-state index contributed by atoms with van der Waals surface area (Å²) in [6.45, 7) is 1.34. The molecule has 3 heterocycles. The molecule has 3 rings (SSSR count). The molecule has 0 amide bonds. The number of ether oxygens (including phenoxy) is 1. The fraction of sp³-hybridized carbons (Fsp3) is 0.400. The number of hydrogen-bond donors (Lipinski definition) is 1. The van der Waals surface area contributed by atoms with E-state index in [0.717, 1.165) is 0 Å². The predicted molar refractivity (Wildman–Crippen MR) is 88.3 cm³/mol. The third-order valence-corrected chi connectivity index (χ3v) is 5.98. The van der Waals surface area contributed by atoms with Crippen LogP contribution in [0.3, 0.4) is 0 Å². The topological polar surface area (TPSA) is 106 Å². The molecule has 0 spiro atoms. The molecule has 1 unspecified atom stereocenters. The largest absolute Gasteiger partial charge is 0.464 e. The summed E-state index contributed by atoms with van der Waals surface area (Å²) in [6, 6.07) is 2.29. The summed E-state index contributed by atoms with van der Waals surface area (Å²) in [5.74, 6) is 0.0481. The number of pyridine rings is 1. The highest BCUT2D eigenvalue weighted by molar-refractivity contribution is 7.89. The van der Waals surface area contributed by atoms with Gasteiger partial charge in [-0.15, -0.1) is 0 Å². The predicted octanol–water partition coefficient (Wildman–Crippen LogP) is -0.0631. The van der Waals surface area contributed by atoms with Crippen LogP contribution in [0.5, 0.6) is 0 Å². The Morgan fingerprint density at radius 1 is 1.36 bits per heavy atom. The van der Waals surface area contributed by atoms with Crippen LogP contribution in [0.25, 0.3) is 0 Å². The number of carbonyl (C=O) groups excluding carboxylic acids is 1. The Labute approximate surface area is 145 Å². The Morgan fingerprint density at radius 3 is 2.76 bits per heavy atom. The molecule has 1 N–H and O–H groups in total. The molecule has 1 aliphatic rings. The van der Waals surface area contributed by atoms with Gasteiger partial charge in [-0.1, -0.05) is 0 Å². The normalized spacial score (nSPS) is 18.9. The van der Waals surface area contributed by atoms with Crippen molar-refractivity contribution >= 4 is 16.0 Å². The molecule has 0 saturated carbocycles. The molecule has 25 heavy (non-hydrogen) atoms. The average molecular weight is 365 g/mol. The molecule has 0 aromatic carbocycles. The number of imidazole rings is 1. The third-order valence-electron chi connectivity index (χ3n) is 4.09. The van der Waals surface area contributed by atoms with Crippen molar-refractivity contribution in [2.24, 2.45) is 7.05 Å². The maximum Gasteiger partial charge on any atom is 0.356 e. The van der Waals surface area contributed by atoms with Crippen LogP contribution >= 0.6 is 0 Å². The van der Waals surface area contributed by atoms with Crippen LogP contribution < -0.4 is 5.32 Å². The summed E-state index contributed by atoms with van der Waals surface area (Å²) in [4.78, 5) is 19.7. The molecule has 0 aliphatic carbocycles. The van der Waals surface area contributed by atoms with Crippen LogP contribution in [0.1, 0.15) is 22.4 Å². The van der Waals surface area contributed by atoms with Crippen molar-refractivity contribution in [3.05, 3.63) is 42.2 Å². The second-order valence-electron chi connectivity index (χ2n) is 5.60. The van der Waals surface area contributed by atoms with Gasteiger partial charge in [0, 0.05) is 45.3 Å². The fourth-order valence-corrected chi connectivity index (χ4v) is 4.32. The number of piperazine rings is 1. The van der Waals surface area contributed by atoms with Crippen LogP contribution in [0.2, 0.25) is 0 Å². The SMILES string of the molecule is COC(=O)c1ccc(S(=O)(=O)N2CCNCC2c2nccn2C)cn1. The third kappa shape index (κ3) is 3.28. The van der Waals surface area contributed by atoms with Gasteiger partial charge in [-0.3, -0.25) is 0 Å². The van der Waals surface area contributed by atoms with E-state index in [0.29, 0.717) is 25.5 Å². The van der Waals surface area contributed by atoms with Crippen molar-refractivity contribution in [3.63, 3.8) is 0 Å². The lowest BCUT2D eigenvalue weighted by molar-refractivity contribution is 0.0594. The summed E-state index contributed by atoms with van der Waals surface area (Å²) in [6.07, 6.45) is 4.60. The van der Waals surface area contributed by atoms with E-state index in [1.165, 1.54) is 29.7 Å². The van der Waals surface area contributed by atoms with E-state index in [2.05, 4.69) is 20.0 Å². The number of hydrogen-bond acceptors (Lipinski definition) is 7. The van der Waals surface area contributed by atoms with Gasteiger partial charge in [0.1, 0.15) is 16.4 Å². The monoisotopic (exact) mass is 365 g/mol. The molecule has 0 radical (unpaired) electrons. The van der Waals surface area contributed by atoms with Gasteiger partial charge in [0.15, 0.2) is 0 Å². The average Bonchev–Trinajstić information content (AvgIpc) is 3.07. The molecular weight excluding hydrogens is 346 g/mol. The molecule has 10 heteroatoms. The molecule has 9 nitrogen and oxygen atoms in total. The van der Waals surface area contributed by atoms with Crippen molar-refractivity contribution in [2.75, 3.05) is 26.7 Å². The van der Waals surface area contributed by atoms with Gasteiger partial charge in [-0.2, -0.15) is 4.31 Å². The Morgan fingerprint density at radius 2 is 2.16 bits per heavy atom. The van der Waals surface area contributed by atoms with Crippen LogP contribution in [-0.2, 0) is 21.8 Å². The minimum absolute atomic E-state index is 0.0289. The van der Waals surface area contributed by atoms with Gasteiger partial charge in [0.05, 0.1) is 13.2 Å². The highest BCUT2D eigenvalue weighted by Gasteiger charge is 2.36. The summed E-state index contributed by atoms with van der Waals surface area (Å²) < 4.78 is 33.9. The molecule has 134 valence electrons. The van der Waals surface area contributed by atoms with Gasteiger partial charge in [0.2, 0.25) is 10.0 Å². The standard InChI is InChI=1S/C15H19N5O4S/c1-19-7-6-17-14(19)13-10-16-5-8-20(13)25(22,23)11-3-4-12(18-9-11)15(21)24-2/h3-4,6-7,9,13,16H,5,8,10H2,1-2H3. The van der Waals surface area contributed by atoms with Crippen molar-refractivity contribution in [1.82, 2.24) is 24.2 Å². The highest BCUT2D eigenvalue weighted by atomic mass is 32.2. The molecule has 2 aromatic rings. The first-order valence-electron chi connectivity index (χ1n) is 7.69. The first-order valence-corrected chi connectivity index (χ1v) is 9.13. The van der Waals surface area contributed by atoms with Crippen molar-refractivity contribution in [1.29, 1.82) is 0 Å². The maximum atomic E-state index is 13.1. The van der Waals surface area contributed by atoms with Crippen molar-refractivity contribution in [3.8, 4) is 0 Å². The van der Waals surface area contributed by atoms with E-state index in [-0.39, 0.29) is 10.6 Å². The lowest BCUT2D eigenvalue weighted by Crippen LogP contribution is -2.49. The van der Waals surface area contributed by atoms with E-state index in [4.69, 9.17) is 0 Å². The number of aryl methyl sites for hydroxylation is 1. The van der Waals surface area contributed by atoms with E-state index in [9.17, 15) is 13.2 Å². The van der Waals surface area contributed by atoms with E-state index >= 15 is 0 Å². The molecular formula is C15H19N5O4S. The van der Waals surface area contributed by atoms with Crippen LogP contribution in [0.15, 0.2) is 35.6 Å². The Hall–Kier alpha value is -2.30. The van der Waals surface area contributed by atoms with Crippen LogP contribution in [0.4, 0.5) is 0 Å². The molecule has 1 saturated heterocycles. The zero-order chi connectivity index (χ0) is 18.0. The first-order chi connectivity index (χ1) is 11.9. The molecule has 2 aromatic heterocycles.